The maximum absolute atomic E-state index is 12.2. The number of ether oxygens (including phenoxy) is 1. The van der Waals surface area contributed by atoms with Crippen molar-refractivity contribution in [2.24, 2.45) is 0 Å². The summed E-state index contributed by atoms with van der Waals surface area (Å²) >= 11 is 1.59. The lowest BCUT2D eigenvalue weighted by Crippen LogP contribution is -2.22. The molecule has 0 unspecified atom stereocenters. The molecule has 0 spiro atoms. The number of hydrogen-bond acceptors (Lipinski definition) is 4. The molecule has 0 aliphatic carbocycles. The first-order chi connectivity index (χ1) is 11.7. The number of amides is 1. The molecule has 3 rings (SSSR count). The highest BCUT2D eigenvalue weighted by atomic mass is 32.1. The number of aryl methyl sites for hydroxylation is 1. The van der Waals surface area contributed by atoms with Crippen LogP contribution in [0.4, 0.5) is 0 Å². The second-order valence-electron chi connectivity index (χ2n) is 5.37. The van der Waals surface area contributed by atoms with Crippen LogP contribution in [0.1, 0.15) is 21.6 Å². The summed E-state index contributed by atoms with van der Waals surface area (Å²) in [6.07, 6.45) is 0. The smallest absolute Gasteiger partial charge is 0.251 e. The van der Waals surface area contributed by atoms with Crippen LogP contribution in [0.25, 0.3) is 10.6 Å². The molecule has 0 saturated heterocycles. The summed E-state index contributed by atoms with van der Waals surface area (Å²) < 4.78 is 5.09. The van der Waals surface area contributed by atoms with Gasteiger partial charge < -0.3 is 10.1 Å². The minimum atomic E-state index is -0.122. The van der Waals surface area contributed by atoms with E-state index >= 15 is 0 Å². The van der Waals surface area contributed by atoms with Crippen molar-refractivity contribution < 1.29 is 9.53 Å². The number of thiazole rings is 1. The second-order valence-corrected chi connectivity index (χ2v) is 6.23. The van der Waals surface area contributed by atoms with Gasteiger partial charge in [-0.15, -0.1) is 11.3 Å². The molecule has 3 aromatic rings. The van der Waals surface area contributed by atoms with Gasteiger partial charge in [0, 0.05) is 16.5 Å². The van der Waals surface area contributed by atoms with E-state index in [1.807, 2.05) is 17.5 Å². The molecule has 0 aliphatic heterocycles. The minimum absolute atomic E-state index is 0.122. The van der Waals surface area contributed by atoms with Gasteiger partial charge in [0.2, 0.25) is 0 Å². The number of carbonyl (C=O) groups is 1. The lowest BCUT2D eigenvalue weighted by molar-refractivity contribution is 0.0950. The molecule has 1 aromatic heterocycles. The number of carbonyl (C=O) groups excluding carboxylic acids is 1. The Morgan fingerprint density at radius 3 is 2.62 bits per heavy atom. The number of nitrogens with zero attached hydrogens (tertiary/aromatic N) is 1. The maximum Gasteiger partial charge on any atom is 0.251 e. The van der Waals surface area contributed by atoms with E-state index < -0.39 is 0 Å². The largest absolute Gasteiger partial charge is 0.497 e. The third-order valence-corrected chi connectivity index (χ3v) is 4.63. The van der Waals surface area contributed by atoms with Crippen LogP contribution in [0.3, 0.4) is 0 Å². The van der Waals surface area contributed by atoms with E-state index in [-0.39, 0.29) is 5.91 Å². The van der Waals surface area contributed by atoms with Gasteiger partial charge in [0.05, 0.1) is 19.3 Å². The van der Waals surface area contributed by atoms with Gasteiger partial charge in [-0.3, -0.25) is 4.79 Å². The van der Waals surface area contributed by atoms with Crippen molar-refractivity contribution in [2.45, 2.75) is 13.5 Å². The third-order valence-electron chi connectivity index (χ3n) is 3.71. The lowest BCUT2D eigenvalue weighted by atomic mass is 10.1. The van der Waals surface area contributed by atoms with Crippen molar-refractivity contribution in [2.75, 3.05) is 7.11 Å². The Kier molecular flexibility index (Phi) is 4.91. The van der Waals surface area contributed by atoms with Crippen LogP contribution in [-0.2, 0) is 6.54 Å². The quantitative estimate of drug-likeness (QED) is 0.763. The van der Waals surface area contributed by atoms with Gasteiger partial charge in [-0.05, 0) is 36.8 Å². The summed E-state index contributed by atoms with van der Waals surface area (Å²) in [4.78, 5) is 16.8. The Balaban J connectivity index is 1.65. The van der Waals surface area contributed by atoms with Crippen LogP contribution >= 0.6 is 11.3 Å². The fraction of sp³-hybridized carbons (Fsp3) is 0.158. The van der Waals surface area contributed by atoms with E-state index in [1.165, 1.54) is 5.56 Å². The lowest BCUT2D eigenvalue weighted by Gasteiger charge is -2.05. The predicted molar refractivity (Wildman–Crippen MR) is 96.5 cm³/mol. The van der Waals surface area contributed by atoms with E-state index in [0.717, 1.165) is 22.0 Å². The van der Waals surface area contributed by atoms with Crippen molar-refractivity contribution in [3.05, 3.63) is 70.7 Å². The summed E-state index contributed by atoms with van der Waals surface area (Å²) in [6.45, 7) is 2.48. The van der Waals surface area contributed by atoms with Crippen LogP contribution in [0.2, 0.25) is 0 Å². The van der Waals surface area contributed by atoms with Crippen molar-refractivity contribution >= 4 is 17.2 Å². The Morgan fingerprint density at radius 1 is 1.17 bits per heavy atom. The summed E-state index contributed by atoms with van der Waals surface area (Å²) in [5, 5.41) is 5.85. The molecule has 4 nitrogen and oxygen atoms in total. The molecule has 24 heavy (non-hydrogen) atoms. The Morgan fingerprint density at radius 2 is 1.92 bits per heavy atom. The molecule has 0 atom stereocenters. The number of nitrogens with one attached hydrogen (secondary N) is 1. The van der Waals surface area contributed by atoms with Gasteiger partial charge >= 0.3 is 0 Å². The van der Waals surface area contributed by atoms with E-state index in [9.17, 15) is 4.79 Å². The SMILES string of the molecule is COc1ccc(C(=O)NCc2csc(-c3ccccc3C)n2)cc1. The van der Waals surface area contributed by atoms with E-state index in [0.29, 0.717) is 12.1 Å². The molecule has 1 amide bonds. The summed E-state index contributed by atoms with van der Waals surface area (Å²) in [5.41, 5.74) is 3.79. The molecule has 0 saturated carbocycles. The molecule has 5 heteroatoms. The summed E-state index contributed by atoms with van der Waals surface area (Å²) in [6, 6.07) is 15.2. The number of rotatable bonds is 5. The second kappa shape index (κ2) is 7.27. The number of methoxy groups -OCH3 is 1. The number of hydrogen-bond donors (Lipinski definition) is 1. The Hall–Kier alpha value is -2.66. The zero-order valence-electron chi connectivity index (χ0n) is 13.6. The molecule has 122 valence electrons. The van der Waals surface area contributed by atoms with Gasteiger partial charge in [0.25, 0.3) is 5.91 Å². The van der Waals surface area contributed by atoms with Crippen molar-refractivity contribution in [1.82, 2.24) is 10.3 Å². The maximum atomic E-state index is 12.2. The molecule has 0 radical (unpaired) electrons. The normalized spacial score (nSPS) is 10.4. The van der Waals surface area contributed by atoms with Crippen LogP contribution in [0.5, 0.6) is 5.75 Å². The molecule has 2 aromatic carbocycles. The molecule has 0 aliphatic rings. The fourth-order valence-electron chi connectivity index (χ4n) is 2.34. The van der Waals surface area contributed by atoms with E-state index in [1.54, 1.807) is 42.7 Å². The average molecular weight is 338 g/mol. The zero-order valence-corrected chi connectivity index (χ0v) is 14.4. The highest BCUT2D eigenvalue weighted by Crippen LogP contribution is 2.26. The van der Waals surface area contributed by atoms with Gasteiger partial charge in [-0.2, -0.15) is 0 Å². The molecule has 0 fully saturated rings. The van der Waals surface area contributed by atoms with Crippen molar-refractivity contribution in [3.63, 3.8) is 0 Å². The van der Waals surface area contributed by atoms with Gasteiger partial charge in [0.1, 0.15) is 10.8 Å². The molecule has 1 N–H and O–H groups in total. The van der Waals surface area contributed by atoms with Crippen LogP contribution < -0.4 is 10.1 Å². The van der Waals surface area contributed by atoms with Gasteiger partial charge in [-0.1, -0.05) is 24.3 Å². The van der Waals surface area contributed by atoms with Crippen molar-refractivity contribution in [1.29, 1.82) is 0 Å². The van der Waals surface area contributed by atoms with Crippen LogP contribution in [0, 0.1) is 6.92 Å². The average Bonchev–Trinajstić information content (AvgIpc) is 3.09. The Bertz CT molecular complexity index is 841. The summed E-state index contributed by atoms with van der Waals surface area (Å²) in [5.74, 6) is 0.608. The van der Waals surface area contributed by atoms with E-state index in [4.69, 9.17) is 4.74 Å². The molecule has 1 heterocycles. The van der Waals surface area contributed by atoms with Crippen molar-refractivity contribution in [3.8, 4) is 16.3 Å². The van der Waals surface area contributed by atoms with Crippen LogP contribution in [0.15, 0.2) is 53.9 Å². The number of aromatic nitrogens is 1. The summed E-state index contributed by atoms with van der Waals surface area (Å²) in [7, 11) is 1.60. The minimum Gasteiger partial charge on any atom is -0.497 e. The first-order valence-corrected chi connectivity index (χ1v) is 8.48. The van der Waals surface area contributed by atoms with Gasteiger partial charge in [0.15, 0.2) is 0 Å². The number of benzene rings is 2. The topological polar surface area (TPSA) is 51.2 Å². The monoisotopic (exact) mass is 338 g/mol. The highest BCUT2D eigenvalue weighted by Gasteiger charge is 2.09. The van der Waals surface area contributed by atoms with E-state index in [2.05, 4.69) is 29.4 Å². The predicted octanol–water partition coefficient (Wildman–Crippen LogP) is 4.06. The molecule has 0 bridgehead atoms. The first kappa shape index (κ1) is 16.2. The first-order valence-electron chi connectivity index (χ1n) is 7.60. The third kappa shape index (κ3) is 3.63. The molecular formula is C19H18N2O2S. The standard InChI is InChI=1S/C19H18N2O2S/c1-13-5-3-4-6-17(13)19-21-15(12-24-19)11-20-18(22)14-7-9-16(23-2)10-8-14/h3-10,12H,11H2,1-2H3,(H,20,22). The Labute approximate surface area is 145 Å². The van der Waals surface area contributed by atoms with Gasteiger partial charge in [-0.25, -0.2) is 4.98 Å². The molecular weight excluding hydrogens is 320 g/mol. The highest BCUT2D eigenvalue weighted by molar-refractivity contribution is 7.13. The zero-order chi connectivity index (χ0) is 16.9. The van der Waals surface area contributed by atoms with Crippen LogP contribution in [-0.4, -0.2) is 18.0 Å². The fourth-order valence-corrected chi connectivity index (χ4v) is 3.25.